The fourth-order valence-corrected chi connectivity index (χ4v) is 4.99. The number of nitrogens with zero attached hydrogens (tertiary/aromatic N) is 3. The van der Waals surface area contributed by atoms with E-state index < -0.39 is 0 Å². The van der Waals surface area contributed by atoms with Crippen molar-refractivity contribution in [2.45, 2.75) is 43.6 Å². The minimum Gasteiger partial charge on any atom is -0.354 e. The van der Waals surface area contributed by atoms with Crippen LogP contribution in [0.15, 0.2) is 72.2 Å². The molecule has 5 nitrogen and oxygen atoms in total. The molecule has 1 heterocycles. The van der Waals surface area contributed by atoms with Crippen molar-refractivity contribution in [3.05, 3.63) is 78.4 Å². The first-order valence-electron chi connectivity index (χ1n) is 10.9. The SMILES string of the molecule is CN=C(NCc1ccccc1-c1ccc(Cn2ccnc2)cc1)NC1CCC(SC)C1. The van der Waals surface area contributed by atoms with Crippen LogP contribution in [0.1, 0.15) is 30.4 Å². The largest absolute Gasteiger partial charge is 0.354 e. The molecule has 2 aromatic carbocycles. The summed E-state index contributed by atoms with van der Waals surface area (Å²) in [7, 11) is 1.85. The van der Waals surface area contributed by atoms with Crippen LogP contribution in [0, 0.1) is 0 Å². The van der Waals surface area contributed by atoms with Gasteiger partial charge < -0.3 is 15.2 Å². The number of aliphatic imine (C=N–C) groups is 1. The normalized spacial score (nSPS) is 18.8. The van der Waals surface area contributed by atoms with E-state index in [0.29, 0.717) is 6.04 Å². The lowest BCUT2D eigenvalue weighted by atomic mass is 9.98. The molecular weight excluding hydrogens is 402 g/mol. The molecule has 1 saturated carbocycles. The van der Waals surface area contributed by atoms with Crippen molar-refractivity contribution in [3.63, 3.8) is 0 Å². The van der Waals surface area contributed by atoms with Crippen LogP contribution in [-0.2, 0) is 13.1 Å². The molecule has 6 heteroatoms. The summed E-state index contributed by atoms with van der Waals surface area (Å²) < 4.78 is 2.08. The Morgan fingerprint density at radius 1 is 1.16 bits per heavy atom. The summed E-state index contributed by atoms with van der Waals surface area (Å²) >= 11 is 1.98. The minimum atomic E-state index is 0.516. The van der Waals surface area contributed by atoms with Gasteiger partial charge in [-0.3, -0.25) is 4.99 Å². The van der Waals surface area contributed by atoms with E-state index in [-0.39, 0.29) is 0 Å². The maximum absolute atomic E-state index is 4.45. The number of hydrogen-bond donors (Lipinski definition) is 2. The molecule has 1 aromatic heterocycles. The highest BCUT2D eigenvalue weighted by Gasteiger charge is 2.24. The van der Waals surface area contributed by atoms with E-state index >= 15 is 0 Å². The number of hydrogen-bond acceptors (Lipinski definition) is 3. The molecular formula is C25H31N5S. The van der Waals surface area contributed by atoms with Gasteiger partial charge in [0.05, 0.1) is 6.33 Å². The van der Waals surface area contributed by atoms with Crippen molar-refractivity contribution in [3.8, 4) is 11.1 Å². The van der Waals surface area contributed by atoms with Crippen molar-refractivity contribution in [1.82, 2.24) is 20.2 Å². The third kappa shape index (κ3) is 5.70. The Morgan fingerprint density at radius 2 is 2.00 bits per heavy atom. The Bertz CT molecular complexity index is 981. The fraction of sp³-hybridized carbons (Fsp3) is 0.360. The summed E-state index contributed by atoms with van der Waals surface area (Å²) in [4.78, 5) is 8.56. The van der Waals surface area contributed by atoms with Gasteiger partial charge >= 0.3 is 0 Å². The van der Waals surface area contributed by atoms with Crippen molar-refractivity contribution in [2.75, 3.05) is 13.3 Å². The smallest absolute Gasteiger partial charge is 0.191 e. The number of benzene rings is 2. The Kier molecular flexibility index (Phi) is 7.30. The van der Waals surface area contributed by atoms with E-state index in [2.05, 4.69) is 80.0 Å². The summed E-state index contributed by atoms with van der Waals surface area (Å²) in [5.74, 6) is 0.886. The van der Waals surface area contributed by atoms with E-state index in [9.17, 15) is 0 Å². The number of aromatic nitrogens is 2. The summed E-state index contributed by atoms with van der Waals surface area (Å²) in [6.07, 6.45) is 11.6. The van der Waals surface area contributed by atoms with Crippen LogP contribution in [0.4, 0.5) is 0 Å². The highest BCUT2D eigenvalue weighted by molar-refractivity contribution is 7.99. The predicted molar refractivity (Wildman–Crippen MR) is 131 cm³/mol. The van der Waals surface area contributed by atoms with Gasteiger partial charge in [0.1, 0.15) is 0 Å². The Balaban J connectivity index is 1.40. The molecule has 3 aromatic rings. The van der Waals surface area contributed by atoms with Crippen LogP contribution < -0.4 is 10.6 Å². The van der Waals surface area contributed by atoms with Gasteiger partial charge in [-0.25, -0.2) is 4.98 Å². The van der Waals surface area contributed by atoms with Crippen LogP contribution in [0.5, 0.6) is 0 Å². The summed E-state index contributed by atoms with van der Waals surface area (Å²) in [6, 6.07) is 17.9. The van der Waals surface area contributed by atoms with Gasteiger partial charge in [0.15, 0.2) is 5.96 Å². The van der Waals surface area contributed by atoms with Crippen LogP contribution in [0.25, 0.3) is 11.1 Å². The average Bonchev–Trinajstić information content (AvgIpc) is 3.49. The highest BCUT2D eigenvalue weighted by Crippen LogP contribution is 2.28. The molecule has 1 aliphatic rings. The number of thioether (sulfide) groups is 1. The third-order valence-corrected chi connectivity index (χ3v) is 7.03. The first-order valence-corrected chi connectivity index (χ1v) is 12.2. The van der Waals surface area contributed by atoms with Gasteiger partial charge in [0, 0.05) is 43.8 Å². The maximum Gasteiger partial charge on any atom is 0.191 e. The monoisotopic (exact) mass is 433 g/mol. The second kappa shape index (κ2) is 10.5. The Labute approximate surface area is 189 Å². The van der Waals surface area contributed by atoms with Gasteiger partial charge in [-0.15, -0.1) is 0 Å². The second-order valence-corrected chi connectivity index (χ2v) is 9.16. The lowest BCUT2D eigenvalue weighted by molar-refractivity contribution is 0.614. The van der Waals surface area contributed by atoms with Crippen molar-refractivity contribution in [1.29, 1.82) is 0 Å². The average molecular weight is 434 g/mol. The van der Waals surface area contributed by atoms with Crippen molar-refractivity contribution < 1.29 is 0 Å². The number of imidazole rings is 1. The molecule has 2 N–H and O–H groups in total. The van der Waals surface area contributed by atoms with E-state index in [4.69, 9.17) is 0 Å². The first-order chi connectivity index (χ1) is 15.2. The van der Waals surface area contributed by atoms with Crippen molar-refractivity contribution >= 4 is 17.7 Å². The standard InChI is InChI=1S/C25H31N5S/c1-26-25(29-22-11-12-23(15-22)31-2)28-16-21-5-3-4-6-24(21)20-9-7-19(8-10-20)17-30-14-13-27-18-30/h3-10,13-14,18,22-23H,11-12,15-17H2,1-2H3,(H2,26,28,29). The molecule has 0 amide bonds. The van der Waals surface area contributed by atoms with E-state index in [1.54, 1.807) is 0 Å². The first kappa shape index (κ1) is 21.5. The summed E-state index contributed by atoms with van der Waals surface area (Å²) in [5, 5.41) is 7.90. The van der Waals surface area contributed by atoms with E-state index in [1.165, 1.54) is 41.5 Å². The van der Waals surface area contributed by atoms with Crippen LogP contribution in [0.2, 0.25) is 0 Å². The van der Waals surface area contributed by atoms with Crippen LogP contribution in [0.3, 0.4) is 0 Å². The molecule has 1 aliphatic carbocycles. The quantitative estimate of drug-likeness (QED) is 0.424. The fourth-order valence-electron chi connectivity index (χ4n) is 4.19. The van der Waals surface area contributed by atoms with Gasteiger partial charge in [-0.1, -0.05) is 48.5 Å². The lowest BCUT2D eigenvalue weighted by Gasteiger charge is -2.18. The zero-order chi connectivity index (χ0) is 21.5. The van der Waals surface area contributed by atoms with E-state index in [0.717, 1.165) is 24.3 Å². The van der Waals surface area contributed by atoms with Crippen LogP contribution in [-0.4, -0.2) is 40.1 Å². The third-order valence-electron chi connectivity index (χ3n) is 5.94. The zero-order valence-electron chi connectivity index (χ0n) is 18.3. The molecule has 0 saturated heterocycles. The number of guanidine groups is 1. The maximum atomic E-state index is 4.45. The molecule has 162 valence electrons. The Morgan fingerprint density at radius 3 is 2.71 bits per heavy atom. The topological polar surface area (TPSA) is 54.2 Å². The molecule has 2 atom stereocenters. The second-order valence-electron chi connectivity index (χ2n) is 8.03. The minimum absolute atomic E-state index is 0.516. The van der Waals surface area contributed by atoms with Crippen LogP contribution >= 0.6 is 11.8 Å². The van der Waals surface area contributed by atoms with Gasteiger partial charge in [0.25, 0.3) is 0 Å². The highest BCUT2D eigenvalue weighted by atomic mass is 32.2. The number of nitrogens with one attached hydrogen (secondary N) is 2. The summed E-state index contributed by atoms with van der Waals surface area (Å²) in [5.41, 5.74) is 5.01. The van der Waals surface area contributed by atoms with Gasteiger partial charge in [-0.05, 0) is 47.8 Å². The molecule has 0 aliphatic heterocycles. The molecule has 4 rings (SSSR count). The molecule has 31 heavy (non-hydrogen) atoms. The summed E-state index contributed by atoms with van der Waals surface area (Å²) in [6.45, 7) is 1.58. The number of rotatable bonds is 7. The molecule has 0 radical (unpaired) electrons. The predicted octanol–water partition coefficient (Wildman–Crippen LogP) is 4.55. The molecule has 1 fully saturated rings. The van der Waals surface area contributed by atoms with E-state index in [1.807, 2.05) is 37.5 Å². The Hall–Kier alpha value is -2.73. The van der Waals surface area contributed by atoms with Gasteiger partial charge in [-0.2, -0.15) is 11.8 Å². The van der Waals surface area contributed by atoms with Crippen molar-refractivity contribution in [2.24, 2.45) is 4.99 Å². The molecule has 0 spiro atoms. The van der Waals surface area contributed by atoms with Gasteiger partial charge in [0.2, 0.25) is 0 Å². The molecule has 0 bridgehead atoms. The molecule has 2 unspecified atom stereocenters. The lowest BCUT2D eigenvalue weighted by Crippen LogP contribution is -2.42. The zero-order valence-corrected chi connectivity index (χ0v) is 19.1.